The first kappa shape index (κ1) is 16.8. The second-order valence-electron chi connectivity index (χ2n) is 5.89. The van der Waals surface area contributed by atoms with Gasteiger partial charge in [-0.1, -0.05) is 29.8 Å². The van der Waals surface area contributed by atoms with Gasteiger partial charge >= 0.3 is 0 Å². The molecule has 0 unspecified atom stereocenters. The molecule has 2 aromatic carbocycles. The van der Waals surface area contributed by atoms with Crippen molar-refractivity contribution in [3.8, 4) is 5.75 Å². The van der Waals surface area contributed by atoms with Gasteiger partial charge in [0.25, 0.3) is 5.91 Å². The molecule has 1 amide bonds. The van der Waals surface area contributed by atoms with Gasteiger partial charge in [0, 0.05) is 43.3 Å². The molecule has 5 heteroatoms. The quantitative estimate of drug-likeness (QED) is 0.853. The summed E-state index contributed by atoms with van der Waals surface area (Å²) in [5.41, 5.74) is 1.84. The highest BCUT2D eigenvalue weighted by Crippen LogP contribution is 2.19. The van der Waals surface area contributed by atoms with Gasteiger partial charge in [-0.15, -0.1) is 0 Å². The van der Waals surface area contributed by atoms with Gasteiger partial charge in [0.2, 0.25) is 0 Å². The van der Waals surface area contributed by atoms with Crippen LogP contribution >= 0.6 is 11.6 Å². The summed E-state index contributed by atoms with van der Waals surface area (Å²) in [6.45, 7) is 4.00. The first-order valence-corrected chi connectivity index (χ1v) is 8.44. The third kappa shape index (κ3) is 3.89. The number of amides is 1. The SMILES string of the molecule is COc1ccc(C(=O)N2CCN(Cc3ccccc3Cl)CC2)cc1. The predicted molar refractivity (Wildman–Crippen MR) is 95.6 cm³/mol. The maximum absolute atomic E-state index is 12.6. The molecule has 1 heterocycles. The van der Waals surface area contributed by atoms with Gasteiger partial charge in [-0.05, 0) is 35.9 Å². The molecular formula is C19H21ClN2O2. The summed E-state index contributed by atoms with van der Waals surface area (Å²) in [6.07, 6.45) is 0. The molecule has 0 aliphatic carbocycles. The monoisotopic (exact) mass is 344 g/mol. The molecule has 24 heavy (non-hydrogen) atoms. The molecule has 1 saturated heterocycles. The molecule has 3 rings (SSSR count). The molecule has 0 radical (unpaired) electrons. The topological polar surface area (TPSA) is 32.8 Å². The number of carbonyl (C=O) groups is 1. The standard InChI is InChI=1S/C19H21ClN2O2/c1-24-17-8-6-15(7-9-17)19(23)22-12-10-21(11-13-22)14-16-4-2-3-5-18(16)20/h2-9H,10-14H2,1H3. The summed E-state index contributed by atoms with van der Waals surface area (Å²) in [7, 11) is 1.62. The Morgan fingerprint density at radius 1 is 1.04 bits per heavy atom. The van der Waals surface area contributed by atoms with Gasteiger partial charge in [0.1, 0.15) is 5.75 Å². The molecule has 126 valence electrons. The van der Waals surface area contributed by atoms with Crippen molar-refractivity contribution in [2.75, 3.05) is 33.3 Å². The molecule has 1 aliphatic rings. The van der Waals surface area contributed by atoms with Crippen LogP contribution in [0.25, 0.3) is 0 Å². The second-order valence-corrected chi connectivity index (χ2v) is 6.30. The first-order chi connectivity index (χ1) is 11.7. The summed E-state index contributed by atoms with van der Waals surface area (Å²) >= 11 is 6.23. The molecule has 4 nitrogen and oxygen atoms in total. The van der Waals surface area contributed by atoms with E-state index in [-0.39, 0.29) is 5.91 Å². The van der Waals surface area contributed by atoms with E-state index in [2.05, 4.69) is 11.0 Å². The minimum Gasteiger partial charge on any atom is -0.497 e. The molecule has 0 atom stereocenters. The maximum Gasteiger partial charge on any atom is 0.253 e. The maximum atomic E-state index is 12.6. The van der Waals surface area contributed by atoms with Gasteiger partial charge in [-0.25, -0.2) is 0 Å². The van der Waals surface area contributed by atoms with Gasteiger partial charge in [0.15, 0.2) is 0 Å². The van der Waals surface area contributed by atoms with Gasteiger partial charge in [-0.2, -0.15) is 0 Å². The molecule has 0 spiro atoms. The Morgan fingerprint density at radius 2 is 1.71 bits per heavy atom. The van der Waals surface area contributed by atoms with Crippen molar-refractivity contribution in [3.05, 3.63) is 64.7 Å². The summed E-state index contributed by atoms with van der Waals surface area (Å²) in [5.74, 6) is 0.839. The van der Waals surface area contributed by atoms with Crippen molar-refractivity contribution in [2.24, 2.45) is 0 Å². The Kier molecular flexibility index (Phi) is 5.38. The smallest absolute Gasteiger partial charge is 0.253 e. The van der Waals surface area contributed by atoms with Crippen molar-refractivity contribution in [1.29, 1.82) is 0 Å². The Morgan fingerprint density at radius 3 is 2.33 bits per heavy atom. The lowest BCUT2D eigenvalue weighted by Gasteiger charge is -2.35. The zero-order valence-electron chi connectivity index (χ0n) is 13.7. The largest absolute Gasteiger partial charge is 0.497 e. The third-order valence-corrected chi connectivity index (χ3v) is 4.72. The Bertz CT molecular complexity index is 695. The van der Waals surface area contributed by atoms with Crippen LogP contribution in [0, 0.1) is 0 Å². The van der Waals surface area contributed by atoms with Crippen LogP contribution in [0.3, 0.4) is 0 Å². The molecule has 0 saturated carbocycles. The lowest BCUT2D eigenvalue weighted by Crippen LogP contribution is -2.48. The van der Waals surface area contributed by atoms with E-state index in [1.54, 1.807) is 7.11 Å². The van der Waals surface area contributed by atoms with Crippen molar-refractivity contribution >= 4 is 17.5 Å². The number of hydrogen-bond acceptors (Lipinski definition) is 3. The summed E-state index contributed by atoms with van der Waals surface area (Å²) in [5, 5.41) is 0.800. The van der Waals surface area contributed by atoms with E-state index in [4.69, 9.17) is 16.3 Å². The van der Waals surface area contributed by atoms with Gasteiger partial charge in [0.05, 0.1) is 7.11 Å². The number of carbonyl (C=O) groups excluding carboxylic acids is 1. The van der Waals surface area contributed by atoms with Crippen LogP contribution in [0.5, 0.6) is 5.75 Å². The zero-order chi connectivity index (χ0) is 16.9. The van der Waals surface area contributed by atoms with Gasteiger partial charge < -0.3 is 9.64 Å². The highest BCUT2D eigenvalue weighted by molar-refractivity contribution is 6.31. The Hall–Kier alpha value is -2.04. The van der Waals surface area contributed by atoms with E-state index >= 15 is 0 Å². The lowest BCUT2D eigenvalue weighted by molar-refractivity contribution is 0.0628. The molecule has 0 N–H and O–H groups in total. The molecular weight excluding hydrogens is 324 g/mol. The number of nitrogens with zero attached hydrogens (tertiary/aromatic N) is 2. The number of benzene rings is 2. The minimum atomic E-state index is 0.0787. The van der Waals surface area contributed by atoms with E-state index in [0.717, 1.165) is 49.1 Å². The van der Waals surface area contributed by atoms with Crippen LogP contribution in [-0.4, -0.2) is 49.0 Å². The molecule has 2 aromatic rings. The van der Waals surface area contributed by atoms with Crippen LogP contribution < -0.4 is 4.74 Å². The molecule has 0 aromatic heterocycles. The van der Waals surface area contributed by atoms with E-state index in [9.17, 15) is 4.79 Å². The fourth-order valence-electron chi connectivity index (χ4n) is 2.89. The van der Waals surface area contributed by atoms with Crippen molar-refractivity contribution < 1.29 is 9.53 Å². The van der Waals surface area contributed by atoms with Gasteiger partial charge in [-0.3, -0.25) is 9.69 Å². The zero-order valence-corrected chi connectivity index (χ0v) is 14.5. The average molecular weight is 345 g/mol. The molecule has 1 aliphatic heterocycles. The van der Waals surface area contributed by atoms with Crippen LogP contribution in [0.15, 0.2) is 48.5 Å². The fourth-order valence-corrected chi connectivity index (χ4v) is 3.09. The normalized spacial score (nSPS) is 15.3. The second kappa shape index (κ2) is 7.69. The number of ether oxygens (including phenoxy) is 1. The lowest BCUT2D eigenvalue weighted by atomic mass is 10.1. The number of methoxy groups -OCH3 is 1. The average Bonchev–Trinajstić information content (AvgIpc) is 2.64. The highest BCUT2D eigenvalue weighted by atomic mass is 35.5. The van der Waals surface area contributed by atoms with E-state index < -0.39 is 0 Å². The van der Waals surface area contributed by atoms with Crippen molar-refractivity contribution in [3.63, 3.8) is 0 Å². The van der Waals surface area contributed by atoms with Crippen LogP contribution in [0.2, 0.25) is 5.02 Å². The molecule has 0 bridgehead atoms. The number of hydrogen-bond donors (Lipinski definition) is 0. The Balaban J connectivity index is 1.56. The number of halogens is 1. The fraction of sp³-hybridized carbons (Fsp3) is 0.316. The third-order valence-electron chi connectivity index (χ3n) is 4.35. The predicted octanol–water partition coefficient (Wildman–Crippen LogP) is 3.31. The van der Waals surface area contributed by atoms with E-state index in [0.29, 0.717) is 5.56 Å². The van der Waals surface area contributed by atoms with Crippen molar-refractivity contribution in [1.82, 2.24) is 9.80 Å². The number of rotatable bonds is 4. The van der Waals surface area contributed by atoms with E-state index in [1.165, 1.54) is 0 Å². The van der Waals surface area contributed by atoms with E-state index in [1.807, 2.05) is 47.4 Å². The molecule has 1 fully saturated rings. The Labute approximate surface area is 147 Å². The van der Waals surface area contributed by atoms with Crippen LogP contribution in [-0.2, 0) is 6.54 Å². The minimum absolute atomic E-state index is 0.0787. The number of piperazine rings is 1. The summed E-state index contributed by atoms with van der Waals surface area (Å²) in [4.78, 5) is 16.8. The van der Waals surface area contributed by atoms with Crippen molar-refractivity contribution in [2.45, 2.75) is 6.54 Å². The van der Waals surface area contributed by atoms with Crippen LogP contribution in [0.1, 0.15) is 15.9 Å². The highest BCUT2D eigenvalue weighted by Gasteiger charge is 2.22. The summed E-state index contributed by atoms with van der Waals surface area (Å²) in [6, 6.07) is 15.2. The summed E-state index contributed by atoms with van der Waals surface area (Å²) < 4.78 is 5.13. The first-order valence-electron chi connectivity index (χ1n) is 8.06. The van der Waals surface area contributed by atoms with Crippen LogP contribution in [0.4, 0.5) is 0 Å².